The first-order chi connectivity index (χ1) is 21.9. The van der Waals surface area contributed by atoms with Crippen LogP contribution in [0.2, 0.25) is 22.2 Å². The van der Waals surface area contributed by atoms with Gasteiger partial charge in [0.2, 0.25) is 0 Å². The molecule has 0 aromatic carbocycles. The third kappa shape index (κ3) is 10.6. The first-order valence-electron chi connectivity index (χ1n) is 20.5. The molecule has 4 saturated carbocycles. The third-order valence-corrected chi connectivity index (χ3v) is 22.0. The molecule has 4 aliphatic carbocycles. The number of rotatable bonds is 15. The Balaban J connectivity index is 0.000000251. The standard InChI is InChI=1S/C21H42O2Si.C19H38O2Si/c1-7-11-22-24(23-15-16(2)3,21-10-8-9-19(21)6)20-13-17(4)12-18(5)14-20;1-6-11-21-22(20-7-2,19-10-8-9-17(19)5)18-13-15(3)12-16(4)14-18/h16-21H,7-15H2,1-6H3;15-19H,6-14H2,1-5H3. The Morgan fingerprint density at radius 1 is 0.522 bits per heavy atom. The van der Waals surface area contributed by atoms with E-state index in [4.69, 9.17) is 17.7 Å². The van der Waals surface area contributed by atoms with Crippen LogP contribution >= 0.6 is 0 Å². The van der Waals surface area contributed by atoms with Crippen LogP contribution in [0.3, 0.4) is 0 Å². The van der Waals surface area contributed by atoms with E-state index < -0.39 is 17.1 Å². The van der Waals surface area contributed by atoms with Gasteiger partial charge in [-0.1, -0.05) is 94.9 Å². The summed E-state index contributed by atoms with van der Waals surface area (Å²) in [5, 5.41) is 0. The molecule has 46 heavy (non-hydrogen) atoms. The first kappa shape index (κ1) is 40.7. The summed E-state index contributed by atoms with van der Waals surface area (Å²) in [5.74, 6) is 5.50. The summed E-state index contributed by atoms with van der Waals surface area (Å²) < 4.78 is 27.1. The van der Waals surface area contributed by atoms with Gasteiger partial charge in [0.25, 0.3) is 0 Å². The first-order valence-corrected chi connectivity index (χ1v) is 24.4. The highest BCUT2D eigenvalue weighted by Gasteiger charge is 2.57. The van der Waals surface area contributed by atoms with E-state index in [2.05, 4.69) is 76.2 Å². The Morgan fingerprint density at radius 3 is 1.22 bits per heavy atom. The quantitative estimate of drug-likeness (QED) is 0.161. The second-order valence-electron chi connectivity index (χ2n) is 17.5. The molecule has 4 rings (SSSR count). The topological polar surface area (TPSA) is 36.9 Å². The minimum absolute atomic E-state index is 0.595. The zero-order valence-corrected chi connectivity index (χ0v) is 34.7. The lowest BCUT2D eigenvalue weighted by Crippen LogP contribution is -2.54. The summed E-state index contributed by atoms with van der Waals surface area (Å²) in [5.41, 5.74) is 2.85. The maximum absolute atomic E-state index is 6.90. The molecule has 0 bridgehead atoms. The predicted octanol–water partition coefficient (Wildman–Crippen LogP) is 12.5. The van der Waals surface area contributed by atoms with Crippen molar-refractivity contribution >= 4 is 17.1 Å². The normalized spacial score (nSPS) is 37.8. The minimum Gasteiger partial charge on any atom is -0.394 e. The molecule has 4 fully saturated rings. The van der Waals surface area contributed by atoms with Crippen LogP contribution in [0.4, 0.5) is 0 Å². The van der Waals surface area contributed by atoms with Gasteiger partial charge in [-0.2, -0.15) is 0 Å². The van der Waals surface area contributed by atoms with E-state index in [9.17, 15) is 0 Å². The SMILES string of the molecule is CCCO[Si](OCC(C)C)(C1CC(C)CC(C)C1)C1CCCC1C.CCCO[Si](OCC)(C1CC(C)CC(C)C1)C1CCCC1C. The van der Waals surface area contributed by atoms with Crippen molar-refractivity contribution in [1.82, 2.24) is 0 Å². The number of hydrogen-bond acceptors (Lipinski definition) is 4. The molecule has 0 N–H and O–H groups in total. The fourth-order valence-corrected chi connectivity index (χ4v) is 22.0. The van der Waals surface area contributed by atoms with Gasteiger partial charge in [-0.25, -0.2) is 0 Å². The molecule has 0 aromatic heterocycles. The molecule has 6 heteroatoms. The van der Waals surface area contributed by atoms with E-state index in [-0.39, 0.29) is 0 Å². The molecule has 4 nitrogen and oxygen atoms in total. The van der Waals surface area contributed by atoms with Crippen LogP contribution in [-0.4, -0.2) is 43.5 Å². The van der Waals surface area contributed by atoms with Crippen LogP contribution in [-0.2, 0) is 17.7 Å². The largest absolute Gasteiger partial charge is 0.394 e. The van der Waals surface area contributed by atoms with Crippen LogP contribution in [0.1, 0.15) is 166 Å². The maximum Gasteiger partial charge on any atom is 0.344 e. The zero-order chi connectivity index (χ0) is 33.9. The summed E-state index contributed by atoms with van der Waals surface area (Å²) in [6, 6.07) is 0. The molecule has 0 aliphatic heterocycles. The second-order valence-corrected chi connectivity index (χ2v) is 24.7. The molecule has 10 unspecified atom stereocenters. The molecule has 4 aliphatic rings. The average molecular weight is 681 g/mol. The van der Waals surface area contributed by atoms with Crippen LogP contribution in [0.25, 0.3) is 0 Å². The van der Waals surface area contributed by atoms with Crippen molar-refractivity contribution in [1.29, 1.82) is 0 Å². The molecule has 0 radical (unpaired) electrons. The fraction of sp³-hybridized carbons (Fsp3) is 1.00. The Labute approximate surface area is 290 Å². The van der Waals surface area contributed by atoms with Crippen molar-refractivity contribution in [2.45, 2.75) is 188 Å². The van der Waals surface area contributed by atoms with Crippen molar-refractivity contribution in [2.24, 2.45) is 41.4 Å². The Hall–Kier alpha value is 0.274. The highest BCUT2D eigenvalue weighted by Crippen LogP contribution is 2.55. The average Bonchev–Trinajstić information content (AvgIpc) is 3.63. The molecule has 0 saturated heterocycles. The lowest BCUT2D eigenvalue weighted by molar-refractivity contribution is 0.113. The van der Waals surface area contributed by atoms with E-state index in [0.29, 0.717) is 22.5 Å². The van der Waals surface area contributed by atoms with Crippen LogP contribution in [0, 0.1) is 41.4 Å². The van der Waals surface area contributed by atoms with Crippen molar-refractivity contribution in [3.05, 3.63) is 0 Å². The highest BCUT2D eigenvalue weighted by atomic mass is 28.4. The predicted molar refractivity (Wildman–Crippen MR) is 202 cm³/mol. The van der Waals surface area contributed by atoms with Gasteiger partial charge in [0.1, 0.15) is 0 Å². The van der Waals surface area contributed by atoms with Crippen LogP contribution in [0.5, 0.6) is 0 Å². The van der Waals surface area contributed by atoms with Gasteiger partial charge in [0.15, 0.2) is 0 Å². The van der Waals surface area contributed by atoms with Gasteiger partial charge in [-0.05, 0) is 113 Å². The molecule has 0 amide bonds. The smallest absolute Gasteiger partial charge is 0.344 e. The summed E-state index contributed by atoms with van der Waals surface area (Å²) >= 11 is 0. The van der Waals surface area contributed by atoms with E-state index >= 15 is 0 Å². The van der Waals surface area contributed by atoms with E-state index in [1.165, 1.54) is 77.0 Å². The van der Waals surface area contributed by atoms with Crippen LogP contribution in [0.15, 0.2) is 0 Å². The fourth-order valence-electron chi connectivity index (χ4n) is 10.7. The Kier molecular flexibility index (Phi) is 17.3. The number of hydrogen-bond donors (Lipinski definition) is 0. The maximum atomic E-state index is 6.90. The van der Waals surface area contributed by atoms with Gasteiger partial charge < -0.3 is 17.7 Å². The van der Waals surface area contributed by atoms with Gasteiger partial charge in [0, 0.05) is 48.6 Å². The van der Waals surface area contributed by atoms with Crippen LogP contribution < -0.4 is 0 Å². The highest BCUT2D eigenvalue weighted by molar-refractivity contribution is 6.71. The van der Waals surface area contributed by atoms with Crippen molar-refractivity contribution < 1.29 is 17.7 Å². The summed E-state index contributed by atoms with van der Waals surface area (Å²) in [6.07, 6.45) is 18.5. The zero-order valence-electron chi connectivity index (χ0n) is 32.7. The van der Waals surface area contributed by atoms with Gasteiger partial charge in [0.05, 0.1) is 0 Å². The van der Waals surface area contributed by atoms with Crippen molar-refractivity contribution in [2.75, 3.05) is 26.4 Å². The molecule has 10 atom stereocenters. The third-order valence-electron chi connectivity index (χ3n) is 12.3. The van der Waals surface area contributed by atoms with E-state index in [0.717, 1.165) is 80.3 Å². The Bertz CT molecular complexity index is 822. The Morgan fingerprint density at radius 2 is 0.913 bits per heavy atom. The van der Waals surface area contributed by atoms with E-state index in [1.807, 2.05) is 0 Å². The monoisotopic (exact) mass is 681 g/mol. The minimum atomic E-state index is -2.19. The lowest BCUT2D eigenvalue weighted by Gasteiger charge is -2.47. The summed E-state index contributed by atoms with van der Waals surface area (Å²) in [6.45, 7) is 29.4. The molecule has 0 spiro atoms. The molecule has 272 valence electrons. The summed E-state index contributed by atoms with van der Waals surface area (Å²) in [7, 11) is -4.32. The molecular weight excluding hydrogens is 601 g/mol. The van der Waals surface area contributed by atoms with E-state index in [1.54, 1.807) is 0 Å². The second kappa shape index (κ2) is 19.6. The lowest BCUT2D eigenvalue weighted by atomic mass is 9.83. The van der Waals surface area contributed by atoms with Crippen molar-refractivity contribution in [3.63, 3.8) is 0 Å². The van der Waals surface area contributed by atoms with Gasteiger partial charge in [-0.3, -0.25) is 0 Å². The molecule has 0 aromatic rings. The summed E-state index contributed by atoms with van der Waals surface area (Å²) in [4.78, 5) is 0. The molecular formula is C40H80O4Si2. The van der Waals surface area contributed by atoms with Crippen molar-refractivity contribution in [3.8, 4) is 0 Å². The van der Waals surface area contributed by atoms with Gasteiger partial charge in [-0.15, -0.1) is 0 Å². The molecule has 0 heterocycles. The van der Waals surface area contributed by atoms with Gasteiger partial charge >= 0.3 is 17.1 Å².